The first-order valence-corrected chi connectivity index (χ1v) is 7.29. The summed E-state index contributed by atoms with van der Waals surface area (Å²) in [6.45, 7) is 7.03. The van der Waals surface area contributed by atoms with Gasteiger partial charge in [0.2, 0.25) is 5.82 Å². The zero-order valence-electron chi connectivity index (χ0n) is 13.4. The Morgan fingerprint density at radius 1 is 1.45 bits per heavy atom. The van der Waals surface area contributed by atoms with Crippen LogP contribution in [0.3, 0.4) is 0 Å². The first-order valence-electron chi connectivity index (χ1n) is 7.29. The molecule has 0 radical (unpaired) electrons. The lowest BCUT2D eigenvalue weighted by Crippen LogP contribution is -2.22. The van der Waals surface area contributed by atoms with E-state index in [1.54, 1.807) is 0 Å². The Hall–Kier alpha value is -1.96. The third-order valence-electron chi connectivity index (χ3n) is 3.42. The summed E-state index contributed by atoms with van der Waals surface area (Å²) in [6, 6.07) is 0. The third kappa shape index (κ3) is 3.62. The van der Waals surface area contributed by atoms with Gasteiger partial charge >= 0.3 is 5.69 Å². The summed E-state index contributed by atoms with van der Waals surface area (Å²) in [5.74, 6) is 0.641. The molecular weight excluding hydrogens is 288 g/mol. The number of nitrogens with one attached hydrogen (secondary N) is 1. The molecule has 0 spiro atoms. The molecule has 0 aliphatic carbocycles. The van der Waals surface area contributed by atoms with Gasteiger partial charge in [-0.3, -0.25) is 10.1 Å². The maximum Gasteiger partial charge on any atom is 0.372 e. The Kier molecular flexibility index (Phi) is 4.80. The fourth-order valence-electron chi connectivity index (χ4n) is 2.22. The van der Waals surface area contributed by atoms with Crippen LogP contribution in [0.15, 0.2) is 0 Å². The van der Waals surface area contributed by atoms with Gasteiger partial charge in [-0.15, -0.1) is 0 Å². The van der Waals surface area contributed by atoms with E-state index in [2.05, 4.69) is 15.3 Å². The van der Waals surface area contributed by atoms with Crippen molar-refractivity contribution in [2.75, 3.05) is 25.6 Å². The number of methoxy groups -OCH3 is 1. The molecule has 1 aliphatic rings. The minimum Gasteiger partial charge on any atom is -0.476 e. The lowest BCUT2D eigenvalue weighted by molar-refractivity contribution is -0.385. The van der Waals surface area contributed by atoms with Crippen molar-refractivity contribution in [3.8, 4) is 5.88 Å². The van der Waals surface area contributed by atoms with E-state index in [1.165, 1.54) is 7.11 Å². The van der Waals surface area contributed by atoms with Gasteiger partial charge in [0.25, 0.3) is 5.88 Å². The molecule has 0 amide bonds. The van der Waals surface area contributed by atoms with Gasteiger partial charge in [0.05, 0.1) is 18.1 Å². The molecule has 122 valence electrons. The SMILES string of the molecule is COc1nc(C(C)(C)C)nc(NCC2CCCO2)c1[N+](=O)[O-]. The Morgan fingerprint density at radius 3 is 2.68 bits per heavy atom. The molecular formula is C14H22N4O4. The van der Waals surface area contributed by atoms with Crippen LogP contribution in [-0.4, -0.2) is 41.3 Å². The summed E-state index contributed by atoms with van der Waals surface area (Å²) in [7, 11) is 1.37. The van der Waals surface area contributed by atoms with Crippen molar-refractivity contribution < 1.29 is 14.4 Å². The zero-order chi connectivity index (χ0) is 16.3. The van der Waals surface area contributed by atoms with Crippen LogP contribution in [0.1, 0.15) is 39.4 Å². The summed E-state index contributed by atoms with van der Waals surface area (Å²) in [4.78, 5) is 19.3. The van der Waals surface area contributed by atoms with E-state index in [0.29, 0.717) is 12.4 Å². The molecule has 1 unspecified atom stereocenters. The highest BCUT2D eigenvalue weighted by Gasteiger charge is 2.30. The van der Waals surface area contributed by atoms with Crippen LogP contribution in [0.5, 0.6) is 5.88 Å². The summed E-state index contributed by atoms with van der Waals surface area (Å²) < 4.78 is 10.6. The van der Waals surface area contributed by atoms with Crippen molar-refractivity contribution in [2.45, 2.75) is 45.1 Å². The van der Waals surface area contributed by atoms with E-state index >= 15 is 0 Å². The quantitative estimate of drug-likeness (QED) is 0.657. The van der Waals surface area contributed by atoms with E-state index in [1.807, 2.05) is 20.8 Å². The second-order valence-corrected chi connectivity index (χ2v) is 6.28. The Morgan fingerprint density at radius 2 is 2.18 bits per heavy atom. The fraction of sp³-hybridized carbons (Fsp3) is 0.714. The molecule has 1 saturated heterocycles. The van der Waals surface area contributed by atoms with E-state index in [-0.39, 0.29) is 28.9 Å². The molecule has 2 rings (SSSR count). The first-order chi connectivity index (χ1) is 10.3. The van der Waals surface area contributed by atoms with Gasteiger partial charge in [0.1, 0.15) is 5.82 Å². The van der Waals surface area contributed by atoms with Crippen molar-refractivity contribution in [1.82, 2.24) is 9.97 Å². The van der Waals surface area contributed by atoms with Crippen LogP contribution in [-0.2, 0) is 10.2 Å². The largest absolute Gasteiger partial charge is 0.476 e. The van der Waals surface area contributed by atoms with Crippen molar-refractivity contribution in [2.24, 2.45) is 0 Å². The number of aromatic nitrogens is 2. The average Bonchev–Trinajstić information content (AvgIpc) is 2.95. The van der Waals surface area contributed by atoms with Crippen molar-refractivity contribution in [1.29, 1.82) is 0 Å². The Bertz CT molecular complexity index is 551. The summed E-state index contributed by atoms with van der Waals surface area (Å²) in [5, 5.41) is 14.4. The van der Waals surface area contributed by atoms with Crippen LogP contribution in [0.25, 0.3) is 0 Å². The molecule has 0 bridgehead atoms. The van der Waals surface area contributed by atoms with Gasteiger partial charge in [0, 0.05) is 18.6 Å². The summed E-state index contributed by atoms with van der Waals surface area (Å²) in [6.07, 6.45) is 2.00. The summed E-state index contributed by atoms with van der Waals surface area (Å²) >= 11 is 0. The zero-order valence-corrected chi connectivity index (χ0v) is 13.4. The predicted octanol–water partition coefficient (Wildman–Crippen LogP) is 2.28. The normalized spacial score (nSPS) is 18.3. The third-order valence-corrected chi connectivity index (χ3v) is 3.42. The number of hydrogen-bond donors (Lipinski definition) is 1. The van der Waals surface area contributed by atoms with Crippen LogP contribution in [0.2, 0.25) is 0 Å². The molecule has 8 heteroatoms. The number of anilines is 1. The lowest BCUT2D eigenvalue weighted by Gasteiger charge is -2.19. The number of rotatable bonds is 5. The molecule has 1 aromatic rings. The van der Waals surface area contributed by atoms with E-state index in [4.69, 9.17) is 9.47 Å². The molecule has 1 aromatic heterocycles. The second-order valence-electron chi connectivity index (χ2n) is 6.28. The van der Waals surface area contributed by atoms with Gasteiger partial charge in [-0.25, -0.2) is 4.98 Å². The van der Waals surface area contributed by atoms with Gasteiger partial charge in [-0.2, -0.15) is 4.98 Å². The van der Waals surface area contributed by atoms with Crippen LogP contribution >= 0.6 is 0 Å². The van der Waals surface area contributed by atoms with E-state index in [9.17, 15) is 10.1 Å². The van der Waals surface area contributed by atoms with Crippen molar-refractivity contribution in [3.63, 3.8) is 0 Å². The van der Waals surface area contributed by atoms with E-state index < -0.39 is 4.92 Å². The van der Waals surface area contributed by atoms with Crippen molar-refractivity contribution >= 4 is 11.5 Å². The first kappa shape index (κ1) is 16.4. The maximum atomic E-state index is 11.3. The molecule has 8 nitrogen and oxygen atoms in total. The summed E-state index contributed by atoms with van der Waals surface area (Å²) in [5.41, 5.74) is -0.587. The molecule has 2 heterocycles. The molecule has 0 aromatic carbocycles. The number of nitrogens with zero attached hydrogens (tertiary/aromatic N) is 3. The highest BCUT2D eigenvalue weighted by atomic mass is 16.6. The molecule has 1 fully saturated rings. The monoisotopic (exact) mass is 310 g/mol. The number of ether oxygens (including phenoxy) is 2. The fourth-order valence-corrected chi connectivity index (χ4v) is 2.22. The number of nitro groups is 1. The topological polar surface area (TPSA) is 99.4 Å². The molecule has 1 N–H and O–H groups in total. The highest BCUT2D eigenvalue weighted by Crippen LogP contribution is 2.34. The smallest absolute Gasteiger partial charge is 0.372 e. The standard InChI is InChI=1S/C14H22N4O4/c1-14(2,3)13-16-11(15-8-9-6-5-7-22-9)10(18(19)20)12(17-13)21-4/h9H,5-8H2,1-4H3,(H,15,16,17). The second kappa shape index (κ2) is 6.43. The molecule has 0 saturated carbocycles. The van der Waals surface area contributed by atoms with Gasteiger partial charge in [0.15, 0.2) is 0 Å². The highest BCUT2D eigenvalue weighted by molar-refractivity contribution is 5.62. The van der Waals surface area contributed by atoms with Crippen LogP contribution in [0.4, 0.5) is 11.5 Å². The Balaban J connectivity index is 2.36. The van der Waals surface area contributed by atoms with Gasteiger partial charge in [-0.1, -0.05) is 20.8 Å². The van der Waals surface area contributed by atoms with E-state index in [0.717, 1.165) is 19.4 Å². The minimum atomic E-state index is -0.525. The van der Waals surface area contributed by atoms with Crippen molar-refractivity contribution in [3.05, 3.63) is 15.9 Å². The number of hydrogen-bond acceptors (Lipinski definition) is 7. The van der Waals surface area contributed by atoms with Crippen LogP contribution in [0, 0.1) is 10.1 Å². The molecule has 22 heavy (non-hydrogen) atoms. The predicted molar refractivity (Wildman–Crippen MR) is 81.4 cm³/mol. The maximum absolute atomic E-state index is 11.3. The average molecular weight is 310 g/mol. The van der Waals surface area contributed by atoms with Crippen LogP contribution < -0.4 is 10.1 Å². The molecule has 1 aliphatic heterocycles. The molecule has 1 atom stereocenters. The lowest BCUT2D eigenvalue weighted by atomic mass is 9.96. The minimum absolute atomic E-state index is 0.0280. The Labute approximate surface area is 129 Å². The van der Waals surface area contributed by atoms with Gasteiger partial charge in [-0.05, 0) is 12.8 Å². The van der Waals surface area contributed by atoms with Gasteiger partial charge < -0.3 is 14.8 Å².